The average molecular weight is 805 g/mol. The highest BCUT2D eigenvalue weighted by molar-refractivity contribution is 6.09. The number of furan rings is 1. The van der Waals surface area contributed by atoms with Crippen LogP contribution in [0.15, 0.2) is 223 Å². The summed E-state index contributed by atoms with van der Waals surface area (Å²) in [6.45, 7) is 0. The van der Waals surface area contributed by atoms with Crippen LogP contribution in [0.3, 0.4) is 0 Å². The molecule has 1 aliphatic heterocycles. The van der Waals surface area contributed by atoms with Crippen molar-refractivity contribution in [2.24, 2.45) is 0 Å². The summed E-state index contributed by atoms with van der Waals surface area (Å²) in [5.74, 6) is 2.43. The molecule has 0 radical (unpaired) electrons. The Morgan fingerprint density at radius 1 is 0.333 bits per heavy atom. The third-order valence-electron chi connectivity index (χ3n) is 13.0. The van der Waals surface area contributed by atoms with Gasteiger partial charge >= 0.3 is 0 Å². The van der Waals surface area contributed by atoms with Gasteiger partial charge in [-0.1, -0.05) is 188 Å². The van der Waals surface area contributed by atoms with Gasteiger partial charge in [-0.25, -0.2) is 9.97 Å². The van der Waals surface area contributed by atoms with Crippen LogP contribution in [0, 0.1) is 0 Å². The fraction of sp³-hybridized carbons (Fsp3) is 0.0169. The summed E-state index contributed by atoms with van der Waals surface area (Å²) in [4.78, 5) is 10.4. The summed E-state index contributed by atoms with van der Waals surface area (Å²) < 4.78 is 13.1. The van der Waals surface area contributed by atoms with E-state index in [0.717, 1.165) is 94.9 Å². The largest absolute Gasteiger partial charge is 0.457 e. The normalized spacial score (nSPS) is 13.0. The van der Waals surface area contributed by atoms with E-state index in [9.17, 15) is 0 Å². The highest BCUT2D eigenvalue weighted by Gasteiger charge is 2.51. The Morgan fingerprint density at radius 3 is 1.63 bits per heavy atom. The standard InChI is InChI=1S/C59H36N2O2/c1-2-13-39(14-3-1)52-36-53(40-29-27-38(28-30-40)43-18-12-19-47-46-17-6-10-23-54(46)63-57(43)47)61-58(60-52)41-31-25-37(26-32-41)42-33-34-56-51(35-42)59(50-22-9-11-24-55(50)62-56)48-20-7-4-15-44(48)45-16-5-8-21-49(45)59/h1-36H. The van der Waals surface area contributed by atoms with Crippen molar-refractivity contribution < 1.29 is 9.15 Å². The summed E-state index contributed by atoms with van der Waals surface area (Å²) in [6.07, 6.45) is 0. The van der Waals surface area contributed by atoms with Gasteiger partial charge in [0, 0.05) is 44.2 Å². The van der Waals surface area contributed by atoms with Crippen LogP contribution in [0.1, 0.15) is 22.3 Å². The van der Waals surface area contributed by atoms with Gasteiger partial charge in [0.25, 0.3) is 0 Å². The summed E-state index contributed by atoms with van der Waals surface area (Å²) >= 11 is 0. The topological polar surface area (TPSA) is 48.2 Å². The van der Waals surface area contributed by atoms with Gasteiger partial charge in [-0.2, -0.15) is 0 Å². The van der Waals surface area contributed by atoms with E-state index in [-0.39, 0.29) is 0 Å². The second kappa shape index (κ2) is 13.8. The Hall–Kier alpha value is -8.34. The number of nitrogens with zero attached hydrogens (tertiary/aromatic N) is 2. The Balaban J connectivity index is 0.890. The van der Waals surface area contributed by atoms with Gasteiger partial charge in [-0.3, -0.25) is 0 Å². The zero-order valence-electron chi connectivity index (χ0n) is 34.0. The van der Waals surface area contributed by atoms with Crippen LogP contribution in [-0.2, 0) is 5.41 Å². The molecule has 1 aliphatic carbocycles. The van der Waals surface area contributed by atoms with E-state index in [1.165, 1.54) is 22.3 Å². The number of hydrogen-bond acceptors (Lipinski definition) is 4. The van der Waals surface area contributed by atoms with E-state index in [1.54, 1.807) is 0 Å². The lowest BCUT2D eigenvalue weighted by Gasteiger charge is -2.39. The maximum absolute atomic E-state index is 6.69. The number of para-hydroxylation sites is 3. The molecule has 11 aromatic rings. The van der Waals surface area contributed by atoms with Crippen LogP contribution in [0.25, 0.3) is 89.2 Å². The molecule has 4 nitrogen and oxygen atoms in total. The molecular weight excluding hydrogens is 769 g/mol. The smallest absolute Gasteiger partial charge is 0.160 e. The van der Waals surface area contributed by atoms with Crippen molar-refractivity contribution in [1.82, 2.24) is 9.97 Å². The van der Waals surface area contributed by atoms with Gasteiger partial charge < -0.3 is 9.15 Å². The molecule has 0 unspecified atom stereocenters. The maximum atomic E-state index is 6.69. The molecule has 1 spiro atoms. The van der Waals surface area contributed by atoms with Gasteiger partial charge in [0.15, 0.2) is 5.82 Å². The molecule has 2 aromatic heterocycles. The van der Waals surface area contributed by atoms with Crippen molar-refractivity contribution in [1.29, 1.82) is 0 Å². The maximum Gasteiger partial charge on any atom is 0.160 e. The van der Waals surface area contributed by atoms with Crippen molar-refractivity contribution in [2.75, 3.05) is 0 Å². The van der Waals surface area contributed by atoms with Crippen LogP contribution in [-0.4, -0.2) is 9.97 Å². The highest BCUT2D eigenvalue weighted by Crippen LogP contribution is 2.62. The second-order valence-corrected chi connectivity index (χ2v) is 16.4. The number of rotatable bonds is 5. The zero-order chi connectivity index (χ0) is 41.5. The lowest BCUT2D eigenvalue weighted by Crippen LogP contribution is -2.32. The number of aromatic nitrogens is 2. The van der Waals surface area contributed by atoms with E-state index in [0.29, 0.717) is 5.82 Å². The molecule has 9 aromatic carbocycles. The van der Waals surface area contributed by atoms with Crippen LogP contribution >= 0.6 is 0 Å². The van der Waals surface area contributed by atoms with Crippen molar-refractivity contribution >= 4 is 21.9 Å². The fourth-order valence-electron chi connectivity index (χ4n) is 10.1. The molecule has 63 heavy (non-hydrogen) atoms. The fourth-order valence-corrected chi connectivity index (χ4v) is 10.1. The zero-order valence-corrected chi connectivity index (χ0v) is 34.0. The van der Waals surface area contributed by atoms with Gasteiger partial charge in [-0.15, -0.1) is 0 Å². The van der Waals surface area contributed by atoms with Crippen molar-refractivity contribution in [3.05, 3.63) is 241 Å². The van der Waals surface area contributed by atoms with Crippen molar-refractivity contribution in [3.8, 4) is 78.8 Å². The molecule has 0 saturated heterocycles. The number of ether oxygens (including phenoxy) is 1. The average Bonchev–Trinajstić information content (AvgIpc) is 3.89. The first-order valence-electron chi connectivity index (χ1n) is 21.4. The Bertz CT molecular complexity index is 3540. The minimum atomic E-state index is -0.519. The predicted octanol–water partition coefficient (Wildman–Crippen LogP) is 15.2. The van der Waals surface area contributed by atoms with Crippen LogP contribution in [0.5, 0.6) is 11.5 Å². The van der Waals surface area contributed by atoms with E-state index in [2.05, 4.69) is 188 Å². The van der Waals surface area contributed by atoms with E-state index in [4.69, 9.17) is 19.1 Å². The third-order valence-corrected chi connectivity index (χ3v) is 13.0. The first-order chi connectivity index (χ1) is 31.2. The molecule has 13 rings (SSSR count). The first-order valence-corrected chi connectivity index (χ1v) is 21.4. The van der Waals surface area contributed by atoms with E-state index in [1.807, 2.05) is 30.3 Å². The molecule has 0 N–H and O–H groups in total. The second-order valence-electron chi connectivity index (χ2n) is 16.4. The molecule has 0 amide bonds. The molecule has 0 saturated carbocycles. The SMILES string of the molecule is c1ccc(-c2cc(-c3ccc(-c4cccc5c4oc4ccccc45)cc3)nc(-c3ccc(-c4ccc5c(c4)C4(c6ccccc6O5)c5ccccc5-c5ccccc54)cc3)n2)cc1. The summed E-state index contributed by atoms with van der Waals surface area (Å²) in [5.41, 5.74) is 17.7. The van der Waals surface area contributed by atoms with Gasteiger partial charge in [0.05, 0.1) is 16.8 Å². The molecule has 0 bridgehead atoms. The number of benzene rings is 9. The van der Waals surface area contributed by atoms with Crippen LogP contribution < -0.4 is 4.74 Å². The lowest BCUT2D eigenvalue weighted by molar-refractivity contribution is 0.436. The summed E-state index contributed by atoms with van der Waals surface area (Å²) in [5, 5.41) is 2.24. The summed E-state index contributed by atoms with van der Waals surface area (Å²) in [6, 6.07) is 77.1. The monoisotopic (exact) mass is 804 g/mol. The predicted molar refractivity (Wildman–Crippen MR) is 254 cm³/mol. The molecule has 2 aliphatic rings. The molecule has 0 atom stereocenters. The quantitative estimate of drug-likeness (QED) is 0.174. The molecule has 4 heteroatoms. The Labute approximate surface area is 364 Å². The lowest BCUT2D eigenvalue weighted by atomic mass is 9.66. The minimum Gasteiger partial charge on any atom is -0.457 e. The number of hydrogen-bond donors (Lipinski definition) is 0. The molecule has 0 fully saturated rings. The van der Waals surface area contributed by atoms with E-state index < -0.39 is 5.41 Å². The Morgan fingerprint density at radius 2 is 0.873 bits per heavy atom. The Kier molecular flexibility index (Phi) is 7.79. The van der Waals surface area contributed by atoms with E-state index >= 15 is 0 Å². The molecular formula is C59H36N2O2. The molecule has 294 valence electrons. The van der Waals surface area contributed by atoms with Gasteiger partial charge in [0.1, 0.15) is 22.7 Å². The van der Waals surface area contributed by atoms with Crippen molar-refractivity contribution in [2.45, 2.75) is 5.41 Å². The molecule has 3 heterocycles. The first kappa shape index (κ1) is 35.4. The van der Waals surface area contributed by atoms with Crippen LogP contribution in [0.4, 0.5) is 0 Å². The van der Waals surface area contributed by atoms with Gasteiger partial charge in [0.2, 0.25) is 0 Å². The summed E-state index contributed by atoms with van der Waals surface area (Å²) in [7, 11) is 0. The minimum absolute atomic E-state index is 0.519. The number of fused-ring (bicyclic) bond motifs is 12. The van der Waals surface area contributed by atoms with Crippen molar-refractivity contribution in [3.63, 3.8) is 0 Å². The van der Waals surface area contributed by atoms with Gasteiger partial charge in [-0.05, 0) is 69.3 Å². The highest BCUT2D eigenvalue weighted by atomic mass is 16.5. The van der Waals surface area contributed by atoms with Crippen LogP contribution in [0.2, 0.25) is 0 Å². The third kappa shape index (κ3) is 5.41.